The summed E-state index contributed by atoms with van der Waals surface area (Å²) in [6.07, 6.45) is 0. The van der Waals surface area contributed by atoms with Crippen LogP contribution in [0.25, 0.3) is 10.9 Å². The van der Waals surface area contributed by atoms with E-state index in [9.17, 15) is 14.3 Å². The number of nitrogens with zero attached hydrogens (tertiary/aromatic N) is 1. The first-order valence-corrected chi connectivity index (χ1v) is 6.02. The Morgan fingerprint density at radius 3 is 2.74 bits per heavy atom. The number of H-pyrrole nitrogens is 1. The maximum atomic E-state index is 13.1. The number of carbonyl (C=O) groups excluding carboxylic acids is 1. The minimum Gasteiger partial charge on any atom is -0.389 e. The highest BCUT2D eigenvalue weighted by molar-refractivity contribution is 5.97. The van der Waals surface area contributed by atoms with Gasteiger partial charge in [-0.05, 0) is 38.1 Å². The molecule has 0 aliphatic carbocycles. The summed E-state index contributed by atoms with van der Waals surface area (Å²) in [5.41, 5.74) is 0.136. The predicted octanol–water partition coefficient (Wildman–Crippen LogP) is 2.15. The molecule has 0 fully saturated rings. The zero-order valence-electron chi connectivity index (χ0n) is 11.2. The Labute approximate surface area is 110 Å². The highest BCUT2D eigenvalue weighted by atomic mass is 19.1. The normalized spacial score (nSPS) is 11.8. The Balaban J connectivity index is 2.26. The lowest BCUT2D eigenvalue weighted by Crippen LogP contribution is -2.39. The molecule has 0 atom stereocenters. The molecule has 5 heteroatoms. The Bertz CT molecular complexity index is 613. The monoisotopic (exact) mass is 264 g/mol. The summed E-state index contributed by atoms with van der Waals surface area (Å²) in [5, 5.41) is 10.4. The number of likely N-dealkylation sites (N-methyl/N-ethyl adjacent to an activating group) is 1. The van der Waals surface area contributed by atoms with Crippen molar-refractivity contribution >= 4 is 16.8 Å². The highest BCUT2D eigenvalue weighted by Crippen LogP contribution is 2.18. The lowest BCUT2D eigenvalue weighted by molar-refractivity contribution is 0.0365. The Morgan fingerprint density at radius 1 is 1.42 bits per heavy atom. The summed E-state index contributed by atoms with van der Waals surface area (Å²) >= 11 is 0. The first kappa shape index (κ1) is 13.5. The van der Waals surface area contributed by atoms with Crippen LogP contribution in [0, 0.1) is 5.82 Å². The third kappa shape index (κ3) is 3.12. The Morgan fingerprint density at radius 2 is 2.11 bits per heavy atom. The molecule has 2 rings (SSSR count). The van der Waals surface area contributed by atoms with Crippen molar-refractivity contribution in [1.82, 2.24) is 9.88 Å². The van der Waals surface area contributed by atoms with Crippen LogP contribution in [0.3, 0.4) is 0 Å². The van der Waals surface area contributed by atoms with Crippen LogP contribution in [0.1, 0.15) is 24.3 Å². The van der Waals surface area contributed by atoms with Crippen molar-refractivity contribution in [2.75, 3.05) is 13.6 Å². The first-order chi connectivity index (χ1) is 8.76. The third-order valence-corrected chi connectivity index (χ3v) is 2.78. The fourth-order valence-electron chi connectivity index (χ4n) is 2.08. The van der Waals surface area contributed by atoms with Crippen LogP contribution in [-0.2, 0) is 0 Å². The second kappa shape index (κ2) is 4.66. The van der Waals surface area contributed by atoms with Gasteiger partial charge in [0.2, 0.25) is 0 Å². The van der Waals surface area contributed by atoms with Crippen LogP contribution in [0.5, 0.6) is 0 Å². The minimum atomic E-state index is -0.956. The Hall–Kier alpha value is -1.88. The van der Waals surface area contributed by atoms with Crippen molar-refractivity contribution < 1.29 is 14.3 Å². The lowest BCUT2D eigenvalue weighted by atomic mass is 10.1. The van der Waals surface area contributed by atoms with Gasteiger partial charge in [-0.1, -0.05) is 0 Å². The fraction of sp³-hybridized carbons (Fsp3) is 0.357. The number of carbonyl (C=O) groups is 1. The number of aromatic nitrogens is 1. The molecule has 102 valence electrons. The number of hydrogen-bond donors (Lipinski definition) is 2. The van der Waals surface area contributed by atoms with E-state index in [0.29, 0.717) is 16.6 Å². The van der Waals surface area contributed by atoms with E-state index in [2.05, 4.69) is 4.98 Å². The SMILES string of the molecule is CN(CC(C)(C)O)C(=O)c1cc2cc(F)ccc2[nH]1. The maximum absolute atomic E-state index is 13.1. The van der Waals surface area contributed by atoms with Crippen molar-refractivity contribution in [1.29, 1.82) is 0 Å². The zero-order chi connectivity index (χ0) is 14.2. The molecule has 0 spiro atoms. The van der Waals surface area contributed by atoms with Gasteiger partial charge in [0, 0.05) is 24.5 Å². The summed E-state index contributed by atoms with van der Waals surface area (Å²) in [4.78, 5) is 16.5. The van der Waals surface area contributed by atoms with E-state index in [1.165, 1.54) is 17.0 Å². The van der Waals surface area contributed by atoms with Crippen LogP contribution < -0.4 is 0 Å². The maximum Gasteiger partial charge on any atom is 0.270 e. The van der Waals surface area contributed by atoms with Crippen LogP contribution in [0.4, 0.5) is 4.39 Å². The number of aliphatic hydroxyl groups is 1. The van der Waals surface area contributed by atoms with Crippen molar-refractivity contribution in [3.8, 4) is 0 Å². The van der Waals surface area contributed by atoms with Gasteiger partial charge in [0.1, 0.15) is 11.5 Å². The molecule has 1 heterocycles. The van der Waals surface area contributed by atoms with E-state index in [1.54, 1.807) is 33.0 Å². The molecule has 0 aliphatic heterocycles. The molecular formula is C14H17FN2O2. The summed E-state index contributed by atoms with van der Waals surface area (Å²) in [5.74, 6) is -0.575. The van der Waals surface area contributed by atoms with Crippen LogP contribution in [0.15, 0.2) is 24.3 Å². The summed E-state index contributed by atoms with van der Waals surface area (Å²) in [6, 6.07) is 5.92. The van der Waals surface area contributed by atoms with E-state index in [0.717, 1.165) is 0 Å². The predicted molar refractivity (Wildman–Crippen MR) is 71.5 cm³/mol. The molecule has 1 aromatic carbocycles. The number of rotatable bonds is 3. The number of fused-ring (bicyclic) bond motifs is 1. The molecule has 0 radical (unpaired) electrons. The minimum absolute atomic E-state index is 0.218. The van der Waals surface area contributed by atoms with E-state index in [1.807, 2.05) is 0 Å². The summed E-state index contributed by atoms with van der Waals surface area (Å²) in [7, 11) is 1.62. The fourth-order valence-corrected chi connectivity index (χ4v) is 2.08. The van der Waals surface area contributed by atoms with E-state index in [4.69, 9.17) is 0 Å². The summed E-state index contributed by atoms with van der Waals surface area (Å²) < 4.78 is 13.1. The highest BCUT2D eigenvalue weighted by Gasteiger charge is 2.21. The third-order valence-electron chi connectivity index (χ3n) is 2.78. The van der Waals surface area contributed by atoms with E-state index >= 15 is 0 Å². The standard InChI is InChI=1S/C14H17FN2O2/c1-14(2,19)8-17(3)13(18)12-7-9-6-10(15)4-5-11(9)16-12/h4-7,16,19H,8H2,1-3H3. The van der Waals surface area contributed by atoms with Gasteiger partial charge >= 0.3 is 0 Å². The van der Waals surface area contributed by atoms with Gasteiger partial charge in [0.25, 0.3) is 5.91 Å². The smallest absolute Gasteiger partial charge is 0.270 e. The molecule has 2 N–H and O–H groups in total. The number of aromatic amines is 1. The molecule has 19 heavy (non-hydrogen) atoms. The molecule has 0 unspecified atom stereocenters. The van der Waals surface area contributed by atoms with Crippen molar-refractivity contribution in [2.24, 2.45) is 0 Å². The van der Waals surface area contributed by atoms with Crippen LogP contribution >= 0.6 is 0 Å². The van der Waals surface area contributed by atoms with Crippen LogP contribution in [0.2, 0.25) is 0 Å². The van der Waals surface area contributed by atoms with Crippen molar-refractivity contribution in [3.63, 3.8) is 0 Å². The second-order valence-corrected chi connectivity index (χ2v) is 5.39. The zero-order valence-corrected chi connectivity index (χ0v) is 11.2. The molecule has 0 saturated carbocycles. The number of nitrogens with one attached hydrogen (secondary N) is 1. The molecule has 4 nitrogen and oxygen atoms in total. The molecule has 1 amide bonds. The number of hydrogen-bond acceptors (Lipinski definition) is 2. The van der Waals surface area contributed by atoms with E-state index < -0.39 is 5.60 Å². The topological polar surface area (TPSA) is 56.3 Å². The summed E-state index contributed by atoms with van der Waals surface area (Å²) in [6.45, 7) is 3.49. The van der Waals surface area contributed by atoms with Gasteiger partial charge in [-0.2, -0.15) is 0 Å². The first-order valence-electron chi connectivity index (χ1n) is 6.02. The average molecular weight is 264 g/mol. The van der Waals surface area contributed by atoms with Gasteiger partial charge < -0.3 is 15.0 Å². The average Bonchev–Trinajstić information content (AvgIpc) is 2.68. The molecule has 0 saturated heterocycles. The van der Waals surface area contributed by atoms with Crippen molar-refractivity contribution in [3.05, 3.63) is 35.8 Å². The van der Waals surface area contributed by atoms with Crippen molar-refractivity contribution in [2.45, 2.75) is 19.4 Å². The number of amides is 1. The molecular weight excluding hydrogens is 247 g/mol. The quantitative estimate of drug-likeness (QED) is 0.892. The van der Waals surface area contributed by atoms with Gasteiger partial charge in [0.05, 0.1) is 5.60 Å². The Kier molecular flexibility index (Phi) is 3.32. The molecule has 0 aliphatic rings. The lowest BCUT2D eigenvalue weighted by Gasteiger charge is -2.25. The van der Waals surface area contributed by atoms with Gasteiger partial charge in [0.15, 0.2) is 0 Å². The largest absolute Gasteiger partial charge is 0.389 e. The molecule has 0 bridgehead atoms. The second-order valence-electron chi connectivity index (χ2n) is 5.39. The van der Waals surface area contributed by atoms with Gasteiger partial charge in [-0.15, -0.1) is 0 Å². The number of halogens is 1. The molecule has 1 aromatic heterocycles. The van der Waals surface area contributed by atoms with Gasteiger partial charge in [-0.3, -0.25) is 4.79 Å². The number of benzene rings is 1. The molecule has 2 aromatic rings. The van der Waals surface area contributed by atoms with E-state index in [-0.39, 0.29) is 18.3 Å². The van der Waals surface area contributed by atoms with Crippen LogP contribution in [-0.4, -0.2) is 40.1 Å². The van der Waals surface area contributed by atoms with Gasteiger partial charge in [-0.25, -0.2) is 4.39 Å².